The molecule has 7 nitrogen and oxygen atoms in total. The molecule has 31 heavy (non-hydrogen) atoms. The zero-order valence-electron chi connectivity index (χ0n) is 16.7. The predicted octanol–water partition coefficient (Wildman–Crippen LogP) is 4.62. The van der Waals surface area contributed by atoms with Crippen LogP contribution in [0.1, 0.15) is 12.2 Å². The number of hydrogen-bond donors (Lipinski definition) is 2. The van der Waals surface area contributed by atoms with Gasteiger partial charge in [-0.15, -0.1) is 0 Å². The van der Waals surface area contributed by atoms with Gasteiger partial charge in [-0.1, -0.05) is 35.0 Å². The second-order valence-corrected chi connectivity index (χ2v) is 7.74. The maximum absolute atomic E-state index is 13.1. The molecule has 0 bridgehead atoms. The van der Waals surface area contributed by atoms with Crippen LogP contribution in [-0.4, -0.2) is 30.2 Å². The molecule has 160 valence electrons. The summed E-state index contributed by atoms with van der Waals surface area (Å²) >= 11 is 6.24. The average Bonchev–Trinajstić information content (AvgIpc) is 3.30. The largest absolute Gasteiger partial charge is 0.359 e. The summed E-state index contributed by atoms with van der Waals surface area (Å²) < 4.78 is 18.4. The van der Waals surface area contributed by atoms with E-state index in [0.29, 0.717) is 52.9 Å². The number of nitrogens with zero attached hydrogens (tertiary/aromatic N) is 2. The highest BCUT2D eigenvalue weighted by molar-refractivity contribution is 6.33. The van der Waals surface area contributed by atoms with Gasteiger partial charge in [-0.25, -0.2) is 9.18 Å². The van der Waals surface area contributed by atoms with Crippen molar-refractivity contribution in [2.45, 2.75) is 13.3 Å². The zero-order valence-corrected chi connectivity index (χ0v) is 17.4. The molecule has 1 fully saturated rings. The highest BCUT2D eigenvalue weighted by Gasteiger charge is 2.31. The van der Waals surface area contributed by atoms with E-state index in [-0.39, 0.29) is 17.6 Å². The van der Waals surface area contributed by atoms with Crippen molar-refractivity contribution in [3.8, 4) is 11.3 Å². The number of anilines is 2. The fourth-order valence-electron chi connectivity index (χ4n) is 3.54. The number of aromatic nitrogens is 1. The van der Waals surface area contributed by atoms with Crippen molar-refractivity contribution in [1.29, 1.82) is 0 Å². The molecule has 2 N–H and O–H groups in total. The van der Waals surface area contributed by atoms with Gasteiger partial charge in [0.1, 0.15) is 17.2 Å². The van der Waals surface area contributed by atoms with Gasteiger partial charge >= 0.3 is 6.03 Å². The zero-order chi connectivity index (χ0) is 22.0. The van der Waals surface area contributed by atoms with Gasteiger partial charge in [0.25, 0.3) is 0 Å². The molecule has 1 aromatic heterocycles. The number of carbonyl (C=O) groups excluding carboxylic acids is 2. The van der Waals surface area contributed by atoms with Gasteiger partial charge in [-0.05, 0) is 37.3 Å². The lowest BCUT2D eigenvalue weighted by atomic mass is 10.1. The Hall–Kier alpha value is -3.39. The number of benzene rings is 2. The summed E-state index contributed by atoms with van der Waals surface area (Å²) in [5, 5.41) is 10.1. The van der Waals surface area contributed by atoms with E-state index in [1.807, 2.05) is 6.07 Å². The van der Waals surface area contributed by atoms with Gasteiger partial charge in [0, 0.05) is 36.7 Å². The van der Waals surface area contributed by atoms with Crippen molar-refractivity contribution in [3.05, 3.63) is 65.1 Å². The van der Waals surface area contributed by atoms with Crippen molar-refractivity contribution < 1.29 is 18.5 Å². The maximum atomic E-state index is 13.1. The number of aryl methyl sites for hydroxylation is 1. The second kappa shape index (κ2) is 8.77. The van der Waals surface area contributed by atoms with Crippen LogP contribution < -0.4 is 15.5 Å². The summed E-state index contributed by atoms with van der Waals surface area (Å²) in [4.78, 5) is 26.4. The van der Waals surface area contributed by atoms with Crippen LogP contribution in [-0.2, 0) is 4.79 Å². The van der Waals surface area contributed by atoms with E-state index < -0.39 is 6.03 Å². The minimum Gasteiger partial charge on any atom is -0.359 e. The van der Waals surface area contributed by atoms with Crippen LogP contribution in [0.4, 0.5) is 20.6 Å². The van der Waals surface area contributed by atoms with Crippen LogP contribution in [0.15, 0.2) is 53.1 Å². The predicted molar refractivity (Wildman–Crippen MR) is 116 cm³/mol. The first-order valence-electron chi connectivity index (χ1n) is 9.74. The lowest BCUT2D eigenvalue weighted by Gasteiger charge is -2.17. The first-order valence-corrected chi connectivity index (χ1v) is 10.1. The lowest BCUT2D eigenvalue weighted by molar-refractivity contribution is -0.117. The van der Waals surface area contributed by atoms with E-state index in [1.54, 1.807) is 42.2 Å². The molecule has 3 aromatic rings. The Morgan fingerprint density at radius 2 is 2.00 bits per heavy atom. The summed E-state index contributed by atoms with van der Waals surface area (Å²) in [6, 6.07) is 12.5. The third kappa shape index (κ3) is 4.54. The third-order valence-electron chi connectivity index (χ3n) is 5.12. The Morgan fingerprint density at radius 1 is 1.26 bits per heavy atom. The Kier molecular flexibility index (Phi) is 5.90. The van der Waals surface area contributed by atoms with Crippen LogP contribution >= 0.6 is 11.6 Å². The molecule has 0 saturated carbocycles. The standard InChI is InChI=1S/C22H20ClFN4O3/c1-13-20(21(27-31-13)17-4-2-3-5-18(17)23)26-22(30)25-11-14-10-19(29)28(12-14)16-8-6-15(24)7-9-16/h2-9,14H,10-12H2,1H3,(H2,25,26,30). The van der Waals surface area contributed by atoms with Crippen LogP contribution in [0.2, 0.25) is 5.02 Å². The molecule has 1 aliphatic rings. The first kappa shape index (κ1) is 20.9. The van der Waals surface area contributed by atoms with Crippen molar-refractivity contribution >= 4 is 34.9 Å². The van der Waals surface area contributed by atoms with Crippen LogP contribution in [0, 0.1) is 18.7 Å². The Labute approximate surface area is 183 Å². The highest BCUT2D eigenvalue weighted by atomic mass is 35.5. The van der Waals surface area contributed by atoms with Gasteiger partial charge in [0.15, 0.2) is 5.76 Å². The van der Waals surface area contributed by atoms with E-state index >= 15 is 0 Å². The molecule has 0 spiro atoms. The number of urea groups is 1. The monoisotopic (exact) mass is 442 g/mol. The first-order chi connectivity index (χ1) is 14.9. The molecular formula is C22H20ClFN4O3. The fraction of sp³-hybridized carbons (Fsp3) is 0.227. The molecular weight excluding hydrogens is 423 g/mol. The van der Waals surface area contributed by atoms with Gasteiger partial charge in [0.05, 0.1) is 5.02 Å². The van der Waals surface area contributed by atoms with Crippen molar-refractivity contribution in [2.24, 2.45) is 5.92 Å². The summed E-state index contributed by atoms with van der Waals surface area (Å²) in [6.07, 6.45) is 0.300. The number of nitrogens with one attached hydrogen (secondary N) is 2. The maximum Gasteiger partial charge on any atom is 0.319 e. The molecule has 1 unspecified atom stereocenters. The number of carbonyl (C=O) groups is 2. The van der Waals surface area contributed by atoms with Crippen molar-refractivity contribution in [2.75, 3.05) is 23.3 Å². The highest BCUT2D eigenvalue weighted by Crippen LogP contribution is 2.34. The quantitative estimate of drug-likeness (QED) is 0.603. The molecule has 1 aliphatic heterocycles. The molecule has 9 heteroatoms. The summed E-state index contributed by atoms with van der Waals surface area (Å²) in [5.74, 6) is -0.0290. The minimum absolute atomic E-state index is 0.0603. The smallest absolute Gasteiger partial charge is 0.319 e. The topological polar surface area (TPSA) is 87.5 Å². The van der Waals surface area contributed by atoms with Gasteiger partial charge in [-0.3, -0.25) is 4.79 Å². The lowest BCUT2D eigenvalue weighted by Crippen LogP contribution is -2.34. The van der Waals surface area contributed by atoms with Gasteiger partial charge < -0.3 is 20.1 Å². The molecule has 2 heterocycles. The number of rotatable bonds is 5. The molecule has 1 saturated heterocycles. The van der Waals surface area contributed by atoms with E-state index in [0.717, 1.165) is 0 Å². The second-order valence-electron chi connectivity index (χ2n) is 7.33. The van der Waals surface area contributed by atoms with Crippen LogP contribution in [0.3, 0.4) is 0 Å². The van der Waals surface area contributed by atoms with E-state index in [2.05, 4.69) is 15.8 Å². The van der Waals surface area contributed by atoms with Crippen molar-refractivity contribution in [1.82, 2.24) is 10.5 Å². The number of hydrogen-bond acceptors (Lipinski definition) is 4. The summed E-state index contributed by atoms with van der Waals surface area (Å²) in [6.45, 7) is 2.45. The van der Waals surface area contributed by atoms with Crippen LogP contribution in [0.5, 0.6) is 0 Å². The molecule has 2 aromatic carbocycles. The van der Waals surface area contributed by atoms with E-state index in [9.17, 15) is 14.0 Å². The SMILES string of the molecule is Cc1onc(-c2ccccc2Cl)c1NC(=O)NCC1CC(=O)N(c2ccc(F)cc2)C1. The van der Waals surface area contributed by atoms with Gasteiger partial charge in [-0.2, -0.15) is 0 Å². The Balaban J connectivity index is 1.38. The van der Waals surface area contributed by atoms with Gasteiger partial charge in [0.2, 0.25) is 5.91 Å². The summed E-state index contributed by atoms with van der Waals surface area (Å²) in [5.41, 5.74) is 2.16. The molecule has 4 rings (SSSR count). The minimum atomic E-state index is -0.438. The van der Waals surface area contributed by atoms with E-state index in [1.165, 1.54) is 12.1 Å². The number of halogens is 2. The van der Waals surface area contributed by atoms with E-state index in [4.69, 9.17) is 16.1 Å². The van der Waals surface area contributed by atoms with Crippen LogP contribution in [0.25, 0.3) is 11.3 Å². The number of amides is 3. The molecule has 1 atom stereocenters. The average molecular weight is 443 g/mol. The normalized spacial score (nSPS) is 15.9. The fourth-order valence-corrected chi connectivity index (χ4v) is 3.77. The summed E-state index contributed by atoms with van der Waals surface area (Å²) in [7, 11) is 0. The third-order valence-corrected chi connectivity index (χ3v) is 5.45. The molecule has 3 amide bonds. The Morgan fingerprint density at radius 3 is 2.74 bits per heavy atom. The molecule has 0 aliphatic carbocycles. The van der Waals surface area contributed by atoms with Crippen molar-refractivity contribution in [3.63, 3.8) is 0 Å². The molecule has 0 radical (unpaired) electrons. The Bertz CT molecular complexity index is 1120.